The van der Waals surface area contributed by atoms with Crippen molar-refractivity contribution in [1.82, 2.24) is 19.9 Å². The number of aromatic nitrogens is 3. The highest BCUT2D eigenvalue weighted by atomic mass is 35.5. The molecule has 9 nitrogen and oxygen atoms in total. The van der Waals surface area contributed by atoms with Crippen LogP contribution in [0.5, 0.6) is 5.75 Å². The Balaban J connectivity index is 1.52. The molecule has 1 saturated heterocycles. The van der Waals surface area contributed by atoms with E-state index in [9.17, 15) is 4.79 Å². The Bertz CT molecular complexity index is 1520. The Hall–Kier alpha value is -3.73. The number of piperazine rings is 1. The Morgan fingerprint density at radius 2 is 1.92 bits per heavy atom. The van der Waals surface area contributed by atoms with Crippen molar-refractivity contribution in [2.75, 3.05) is 43.5 Å². The quantitative estimate of drug-likeness (QED) is 0.342. The summed E-state index contributed by atoms with van der Waals surface area (Å²) in [7, 11) is 1.64. The average molecular weight is 564 g/mol. The molecule has 0 atom stereocenters. The lowest BCUT2D eigenvalue weighted by Gasteiger charge is -2.28. The van der Waals surface area contributed by atoms with Crippen molar-refractivity contribution < 1.29 is 9.53 Å². The lowest BCUT2D eigenvalue weighted by molar-refractivity contribution is 0.103. The zero-order valence-corrected chi connectivity index (χ0v) is 23.6. The van der Waals surface area contributed by atoms with Crippen molar-refractivity contribution in [3.8, 4) is 5.75 Å². The van der Waals surface area contributed by atoms with Gasteiger partial charge < -0.3 is 24.8 Å². The number of hydrogen-bond acceptors (Lipinski definition) is 8. The molecule has 0 bridgehead atoms. The van der Waals surface area contributed by atoms with Gasteiger partial charge in [0, 0.05) is 45.0 Å². The Labute approximate surface area is 236 Å². The van der Waals surface area contributed by atoms with E-state index in [2.05, 4.69) is 25.5 Å². The van der Waals surface area contributed by atoms with Crippen molar-refractivity contribution >= 4 is 46.2 Å². The van der Waals surface area contributed by atoms with Crippen LogP contribution in [0.25, 0.3) is 0 Å². The number of nitrogens with zero attached hydrogens (tertiary/aromatic N) is 5. The van der Waals surface area contributed by atoms with E-state index in [1.807, 2.05) is 67.1 Å². The van der Waals surface area contributed by atoms with Crippen LogP contribution in [0.15, 0.2) is 59.7 Å². The molecule has 5 rings (SSSR count). The summed E-state index contributed by atoms with van der Waals surface area (Å²) >= 11 is 7.66. The fourth-order valence-corrected chi connectivity index (χ4v) is 5.49. The molecule has 1 aliphatic heterocycles. The second kappa shape index (κ2) is 12.0. The number of thiazole rings is 1. The van der Waals surface area contributed by atoms with Crippen LogP contribution >= 0.6 is 22.9 Å². The second-order valence-electron chi connectivity index (χ2n) is 9.22. The largest absolute Gasteiger partial charge is 0.497 e. The number of carbonyl (C=O) groups is 1. The number of ether oxygens (including phenoxy) is 1. The van der Waals surface area contributed by atoms with Crippen molar-refractivity contribution in [1.29, 1.82) is 0 Å². The van der Waals surface area contributed by atoms with Crippen LogP contribution in [0, 0.1) is 13.8 Å². The Morgan fingerprint density at radius 3 is 2.64 bits per heavy atom. The summed E-state index contributed by atoms with van der Waals surface area (Å²) in [6, 6.07) is 15.3. The number of benzene rings is 2. The highest BCUT2D eigenvalue weighted by Gasteiger charge is 2.16. The molecule has 1 aliphatic rings. The number of halogens is 1. The zero-order valence-electron chi connectivity index (χ0n) is 22.1. The number of aryl methyl sites for hydroxylation is 2. The lowest BCUT2D eigenvalue weighted by atomic mass is 10.2. The van der Waals surface area contributed by atoms with Crippen molar-refractivity contribution in [3.63, 3.8) is 0 Å². The number of amides is 1. The van der Waals surface area contributed by atoms with Gasteiger partial charge in [0.25, 0.3) is 5.91 Å². The first-order chi connectivity index (χ1) is 18.9. The molecule has 2 N–H and O–H groups in total. The third-order valence-corrected chi connectivity index (χ3v) is 7.71. The normalized spacial score (nSPS) is 13.9. The van der Waals surface area contributed by atoms with E-state index >= 15 is 0 Å². The third kappa shape index (κ3) is 6.47. The zero-order chi connectivity index (χ0) is 27.4. The van der Waals surface area contributed by atoms with Crippen molar-refractivity contribution in [2.45, 2.75) is 20.4 Å². The van der Waals surface area contributed by atoms with Crippen LogP contribution in [0.2, 0.25) is 5.02 Å². The molecular weight excluding hydrogens is 534 g/mol. The number of hydrogen-bond donors (Lipinski definition) is 2. The monoisotopic (exact) mass is 563 g/mol. The molecule has 4 aromatic rings. The molecule has 2 aromatic carbocycles. The van der Waals surface area contributed by atoms with Crippen molar-refractivity contribution in [2.24, 2.45) is 4.99 Å². The summed E-state index contributed by atoms with van der Waals surface area (Å²) in [5.41, 5.74) is 2.54. The van der Waals surface area contributed by atoms with Crippen LogP contribution in [0.1, 0.15) is 26.6 Å². The minimum Gasteiger partial charge on any atom is -0.497 e. The van der Waals surface area contributed by atoms with Gasteiger partial charge in [-0.1, -0.05) is 47.2 Å². The summed E-state index contributed by atoms with van der Waals surface area (Å²) in [5.74, 6) is 2.59. The number of rotatable bonds is 7. The van der Waals surface area contributed by atoms with Gasteiger partial charge in [-0.2, -0.15) is 0 Å². The second-order valence-corrected chi connectivity index (χ2v) is 10.6. The van der Waals surface area contributed by atoms with Gasteiger partial charge in [0.1, 0.15) is 22.3 Å². The van der Waals surface area contributed by atoms with E-state index < -0.39 is 0 Å². The summed E-state index contributed by atoms with van der Waals surface area (Å²) in [6.45, 7) is 7.86. The van der Waals surface area contributed by atoms with Crippen LogP contribution in [0.4, 0.5) is 17.3 Å². The minimum atomic E-state index is -0.249. The molecule has 39 heavy (non-hydrogen) atoms. The summed E-state index contributed by atoms with van der Waals surface area (Å²) in [6.07, 6.45) is 1.82. The number of nitrogens with one attached hydrogen (secondary N) is 2. The fraction of sp³-hybridized carbons (Fsp3) is 0.286. The summed E-state index contributed by atoms with van der Waals surface area (Å²) < 4.78 is 7.26. The first-order valence-corrected chi connectivity index (χ1v) is 13.8. The molecule has 11 heteroatoms. The van der Waals surface area contributed by atoms with E-state index in [-0.39, 0.29) is 5.91 Å². The maximum atomic E-state index is 13.3. The first kappa shape index (κ1) is 26.9. The van der Waals surface area contributed by atoms with E-state index in [0.717, 1.165) is 48.9 Å². The smallest absolute Gasteiger partial charge is 0.267 e. The fourth-order valence-electron chi connectivity index (χ4n) is 4.33. The molecule has 1 amide bonds. The molecule has 3 heterocycles. The number of para-hydroxylation sites is 1. The van der Waals surface area contributed by atoms with Gasteiger partial charge in [-0.3, -0.25) is 4.79 Å². The van der Waals surface area contributed by atoms with Crippen LogP contribution < -0.4 is 25.1 Å². The number of methoxy groups -OCH3 is 1. The van der Waals surface area contributed by atoms with Gasteiger partial charge >= 0.3 is 0 Å². The molecule has 0 radical (unpaired) electrons. The molecular formula is C28H30ClN7O2S. The van der Waals surface area contributed by atoms with Gasteiger partial charge in [-0.05, 0) is 43.2 Å². The standard InChI is InChI=1S/C28H30ClN7O2S/c1-18-5-4-6-22(29)26(18)34-27(37)23-17-36(16-20-7-9-21(38-3)10-8-20)28(39-23)33-24-15-25(32-19(2)31-24)35-13-11-30-12-14-35/h4-10,15,17,30H,11-14,16H2,1-3H3,(H,34,37)/b33-28+. The van der Waals surface area contributed by atoms with Gasteiger partial charge in [0.2, 0.25) is 0 Å². The van der Waals surface area contributed by atoms with E-state index in [1.165, 1.54) is 11.3 Å². The third-order valence-electron chi connectivity index (χ3n) is 6.38. The SMILES string of the molecule is COc1ccc(Cn2cc(C(=O)Nc3c(C)cccc3Cl)s/c2=N/c2cc(N3CCNCC3)nc(C)n2)cc1. The Morgan fingerprint density at radius 1 is 1.15 bits per heavy atom. The molecule has 0 saturated carbocycles. The lowest BCUT2D eigenvalue weighted by Crippen LogP contribution is -2.43. The van der Waals surface area contributed by atoms with Crippen molar-refractivity contribution in [3.05, 3.63) is 86.4 Å². The minimum absolute atomic E-state index is 0.249. The Kier molecular flexibility index (Phi) is 8.25. The molecule has 0 spiro atoms. The maximum Gasteiger partial charge on any atom is 0.267 e. The van der Waals surface area contributed by atoms with Gasteiger partial charge in [0.05, 0.1) is 17.8 Å². The topological polar surface area (TPSA) is 96.7 Å². The molecule has 202 valence electrons. The van der Waals surface area contributed by atoms with Gasteiger partial charge in [-0.15, -0.1) is 0 Å². The van der Waals surface area contributed by atoms with E-state index in [1.54, 1.807) is 13.2 Å². The highest BCUT2D eigenvalue weighted by Crippen LogP contribution is 2.26. The molecule has 0 aliphatic carbocycles. The summed E-state index contributed by atoms with van der Waals surface area (Å²) in [4.78, 5) is 30.8. The highest BCUT2D eigenvalue weighted by molar-refractivity contribution is 7.11. The van der Waals surface area contributed by atoms with Crippen LogP contribution in [-0.2, 0) is 6.54 Å². The maximum absolute atomic E-state index is 13.3. The van der Waals surface area contributed by atoms with Gasteiger partial charge in [-0.25, -0.2) is 15.0 Å². The molecule has 2 aromatic heterocycles. The van der Waals surface area contributed by atoms with E-state index in [4.69, 9.17) is 21.3 Å². The predicted octanol–water partition coefficient (Wildman–Crippen LogP) is 4.56. The summed E-state index contributed by atoms with van der Waals surface area (Å²) in [5, 5.41) is 6.83. The number of carbonyl (C=O) groups excluding carboxylic acids is 1. The first-order valence-electron chi connectivity index (χ1n) is 12.7. The van der Waals surface area contributed by atoms with Crippen LogP contribution in [0.3, 0.4) is 0 Å². The van der Waals surface area contributed by atoms with Gasteiger partial charge in [0.15, 0.2) is 10.6 Å². The average Bonchev–Trinajstić information content (AvgIpc) is 3.33. The predicted molar refractivity (Wildman–Crippen MR) is 156 cm³/mol. The molecule has 0 unspecified atom stereocenters. The van der Waals surface area contributed by atoms with E-state index in [0.29, 0.717) is 38.6 Å². The van der Waals surface area contributed by atoms with Crippen LogP contribution in [-0.4, -0.2) is 53.7 Å². The number of anilines is 2. The molecule has 1 fully saturated rings.